The zero-order chi connectivity index (χ0) is 57.0. The first kappa shape index (κ1) is 54.6. The Morgan fingerprint density at radius 2 is 1.09 bits per heavy atom. The third-order valence-electron chi connectivity index (χ3n) is 13.8. The molecule has 11 rings (SSSR count). The van der Waals surface area contributed by atoms with Gasteiger partial charge in [-0.3, -0.25) is 18.7 Å². The highest BCUT2D eigenvalue weighted by Crippen LogP contribution is 2.47. The summed E-state index contributed by atoms with van der Waals surface area (Å²) >= 11 is 0. The number of halogens is 2. The molecule has 2 fully saturated rings. The summed E-state index contributed by atoms with van der Waals surface area (Å²) in [5, 5.41) is 8.94. The minimum absolute atomic E-state index is 0.00362. The van der Waals surface area contributed by atoms with Crippen molar-refractivity contribution in [1.29, 1.82) is 0 Å². The molecular formula is C55H48F2N14O10S. The molecule has 0 aliphatic carbocycles. The van der Waals surface area contributed by atoms with Crippen LogP contribution in [0.3, 0.4) is 0 Å². The average Bonchev–Trinajstić information content (AvgIpc) is 4.38. The van der Waals surface area contributed by atoms with Gasteiger partial charge in [0.15, 0.2) is 58.8 Å². The van der Waals surface area contributed by atoms with Crippen LogP contribution in [0.15, 0.2) is 170 Å². The monoisotopic (exact) mass is 1130 g/mol. The van der Waals surface area contributed by atoms with Gasteiger partial charge in [-0.2, -0.15) is 13.1 Å². The van der Waals surface area contributed by atoms with Crippen molar-refractivity contribution in [1.82, 2.24) is 43.8 Å². The number of amides is 2. The normalized spacial score (nSPS) is 20.8. The molecule has 82 heavy (non-hydrogen) atoms. The number of imidazole rings is 2. The zero-order valence-electron chi connectivity index (χ0n) is 43.3. The van der Waals surface area contributed by atoms with E-state index in [1.807, 2.05) is 0 Å². The molecule has 24 nitrogen and oxygen atoms in total. The summed E-state index contributed by atoms with van der Waals surface area (Å²) in [5.74, 6) is 0.0137. The molecule has 0 unspecified atom stereocenters. The molecule has 418 valence electrons. The Labute approximate surface area is 465 Å². The Balaban J connectivity index is 0.929. The fourth-order valence-electron chi connectivity index (χ4n) is 9.91. The number of hydrogen-bond acceptors (Lipinski definition) is 17. The van der Waals surface area contributed by atoms with Gasteiger partial charge in [-0.25, -0.2) is 42.9 Å². The van der Waals surface area contributed by atoms with Crippen molar-refractivity contribution in [3.8, 4) is 11.5 Å². The van der Waals surface area contributed by atoms with Crippen molar-refractivity contribution in [3.63, 3.8) is 0 Å². The molecule has 2 aliphatic heterocycles. The van der Waals surface area contributed by atoms with Gasteiger partial charge in [0.2, 0.25) is 0 Å². The number of methoxy groups -OCH3 is 2. The van der Waals surface area contributed by atoms with E-state index in [1.54, 1.807) is 140 Å². The zero-order valence-corrected chi connectivity index (χ0v) is 44.1. The van der Waals surface area contributed by atoms with Crippen LogP contribution < -0.4 is 24.8 Å². The first-order valence-electron chi connectivity index (χ1n) is 25.3. The number of nitrogens with zero attached hydrogens (tertiary/aromatic N) is 11. The second-order valence-corrected chi connectivity index (χ2v) is 20.0. The van der Waals surface area contributed by atoms with E-state index in [0.29, 0.717) is 39.3 Å². The molecule has 8 atom stereocenters. The minimum atomic E-state index is -5.10. The number of carbonyl (C=O) groups is 2. The van der Waals surface area contributed by atoms with Crippen LogP contribution >= 0.6 is 0 Å². The third kappa shape index (κ3) is 10.7. The van der Waals surface area contributed by atoms with Gasteiger partial charge in [-0.15, -0.1) is 0 Å². The van der Waals surface area contributed by atoms with Crippen molar-refractivity contribution in [3.05, 3.63) is 203 Å². The summed E-state index contributed by atoms with van der Waals surface area (Å²) in [6.07, 6.45) is -9.76. The molecule has 5 aromatic carbocycles. The highest BCUT2D eigenvalue weighted by atomic mass is 32.2. The molecule has 27 heteroatoms. The standard InChI is InChI=1S/C55H48F2N14O10S/c1-76-37-22-18-35(19-23-37)55(34-16-10-5-11-17-34,36-20-24-38(77-2)25-21-36)80-45-40(79-53(41(45)56)70-30-63-43-47(59-28-61-49(43)70)67-51(72)32-12-6-3-7-13-32)27-66-82(74,75)81-46-39(26-65-69-58)78-54(42(46)57)71-31-64-44-48(60-29-62-50(44)71)68-52(73)33-14-8-4-9-15-33/h3-25,28-31,39-42,45-46,53-54,66H,26-27H2,1-2H3,(H,59,61,67,72)(H,60,62,68,73)/t39-,40-,41-,42-,45-,46-,53-,54-/m1/s1. The summed E-state index contributed by atoms with van der Waals surface area (Å²) in [7, 11) is -2.07. The lowest BCUT2D eigenvalue weighted by molar-refractivity contribution is -0.0916. The maximum absolute atomic E-state index is 18.3. The van der Waals surface area contributed by atoms with Crippen molar-refractivity contribution in [2.24, 2.45) is 5.11 Å². The Morgan fingerprint density at radius 1 is 0.634 bits per heavy atom. The van der Waals surface area contributed by atoms with E-state index in [2.05, 4.69) is 55.3 Å². The second kappa shape index (κ2) is 23.4. The Bertz CT molecular complexity index is 3860. The third-order valence-corrected chi connectivity index (χ3v) is 14.8. The summed E-state index contributed by atoms with van der Waals surface area (Å²) in [4.78, 5) is 54.9. The maximum atomic E-state index is 18.3. The number of hydrogen-bond donors (Lipinski definition) is 3. The number of ether oxygens (including phenoxy) is 5. The Hall–Kier alpha value is -9.34. The van der Waals surface area contributed by atoms with E-state index in [0.717, 1.165) is 17.2 Å². The van der Waals surface area contributed by atoms with Crippen molar-refractivity contribution >= 4 is 56.1 Å². The summed E-state index contributed by atoms with van der Waals surface area (Å²) in [5.41, 5.74) is 9.97. The molecule has 0 saturated carbocycles. The molecule has 6 heterocycles. The predicted octanol–water partition coefficient (Wildman–Crippen LogP) is 7.57. The first-order chi connectivity index (χ1) is 39.9. The number of benzene rings is 5. The van der Waals surface area contributed by atoms with E-state index < -0.39 is 90.0 Å². The number of nitrogens with one attached hydrogen (secondary N) is 3. The molecule has 3 N–H and O–H groups in total. The fourth-order valence-corrected chi connectivity index (χ4v) is 10.9. The van der Waals surface area contributed by atoms with Crippen LogP contribution in [-0.2, 0) is 34.3 Å². The molecule has 0 spiro atoms. The van der Waals surface area contributed by atoms with E-state index in [4.69, 9.17) is 27.9 Å². The minimum Gasteiger partial charge on any atom is -0.497 e. The highest BCUT2D eigenvalue weighted by molar-refractivity contribution is 7.84. The van der Waals surface area contributed by atoms with Gasteiger partial charge in [-0.1, -0.05) is 96.1 Å². The Morgan fingerprint density at radius 3 is 1.56 bits per heavy atom. The van der Waals surface area contributed by atoms with Crippen LogP contribution in [0.4, 0.5) is 20.4 Å². The van der Waals surface area contributed by atoms with Gasteiger partial charge >= 0.3 is 10.3 Å². The number of anilines is 2. The van der Waals surface area contributed by atoms with Crippen LogP contribution in [0, 0.1) is 0 Å². The van der Waals surface area contributed by atoms with E-state index in [9.17, 15) is 23.5 Å². The fraction of sp³-hybridized carbons (Fsp3) is 0.236. The molecule has 2 saturated heterocycles. The topological polar surface area (TPSA) is 296 Å². The van der Waals surface area contributed by atoms with Gasteiger partial charge in [0.1, 0.15) is 48.1 Å². The van der Waals surface area contributed by atoms with Crippen molar-refractivity contribution in [2.75, 3.05) is 37.9 Å². The molecular weight excluding hydrogens is 1090 g/mol. The van der Waals surface area contributed by atoms with E-state index in [-0.39, 0.29) is 34.0 Å². The summed E-state index contributed by atoms with van der Waals surface area (Å²) in [6.45, 7) is -1.34. The predicted molar refractivity (Wildman–Crippen MR) is 290 cm³/mol. The number of aromatic nitrogens is 8. The lowest BCUT2D eigenvalue weighted by Gasteiger charge is -2.39. The summed E-state index contributed by atoms with van der Waals surface area (Å²) in [6, 6.07) is 39.5. The summed E-state index contributed by atoms with van der Waals surface area (Å²) < 4.78 is 105. The second-order valence-electron chi connectivity index (χ2n) is 18.6. The number of rotatable bonds is 20. The molecule has 9 aromatic rings. The van der Waals surface area contributed by atoms with E-state index in [1.165, 1.54) is 31.4 Å². The Kier molecular flexibility index (Phi) is 15.6. The van der Waals surface area contributed by atoms with Crippen LogP contribution in [-0.4, -0.2) is 123 Å². The number of carbonyl (C=O) groups excluding carboxylic acids is 2. The number of fused-ring (bicyclic) bond motifs is 2. The maximum Gasteiger partial charge on any atom is 0.336 e. The molecule has 0 bridgehead atoms. The molecule has 4 aromatic heterocycles. The number of alkyl halides is 2. The van der Waals surface area contributed by atoms with Crippen LogP contribution in [0.5, 0.6) is 11.5 Å². The first-order valence-corrected chi connectivity index (χ1v) is 26.7. The lowest BCUT2D eigenvalue weighted by atomic mass is 9.79. The SMILES string of the molecule is COc1ccc(C(O[C@H]2[C@@H](F)[C@H](n3cnc4c(NC(=O)c5ccccc5)ncnc43)O[C@@H]2CNS(=O)(=O)O[C@H]2[C@@H](F)[C@H](n3cnc4c(NC(=O)c5ccccc5)ncnc43)O[C@@H]2CN=[N+]=[N-])(c2ccccc2)c2ccc(OC)cc2)cc1. The lowest BCUT2D eigenvalue weighted by Crippen LogP contribution is -2.47. The average molecular weight is 1140 g/mol. The van der Waals surface area contributed by atoms with Crippen LogP contribution in [0.1, 0.15) is 49.9 Å². The quantitative estimate of drug-likeness (QED) is 0.0287. The molecule has 0 radical (unpaired) electrons. The van der Waals surface area contributed by atoms with Gasteiger partial charge in [0.25, 0.3) is 11.8 Å². The van der Waals surface area contributed by atoms with E-state index >= 15 is 8.78 Å². The number of azide groups is 1. The van der Waals surface area contributed by atoms with Crippen molar-refractivity contribution in [2.45, 2.75) is 54.8 Å². The smallest absolute Gasteiger partial charge is 0.336 e. The van der Waals surface area contributed by atoms with Gasteiger partial charge in [0, 0.05) is 22.6 Å². The highest BCUT2D eigenvalue weighted by Gasteiger charge is 2.54. The van der Waals surface area contributed by atoms with Gasteiger partial charge in [0.05, 0.1) is 39.5 Å². The van der Waals surface area contributed by atoms with Crippen LogP contribution in [0.25, 0.3) is 32.8 Å². The van der Waals surface area contributed by atoms with Crippen LogP contribution in [0.2, 0.25) is 0 Å². The van der Waals surface area contributed by atoms with Gasteiger partial charge in [-0.05, 0) is 70.8 Å². The van der Waals surface area contributed by atoms with Crippen molar-refractivity contribution < 1.29 is 54.7 Å². The molecule has 2 amide bonds. The largest absolute Gasteiger partial charge is 0.497 e. The molecule has 2 aliphatic rings. The van der Waals surface area contributed by atoms with Gasteiger partial charge < -0.3 is 34.3 Å².